The van der Waals surface area contributed by atoms with E-state index in [9.17, 15) is 9.59 Å². The van der Waals surface area contributed by atoms with Gasteiger partial charge in [0, 0.05) is 38.1 Å². The summed E-state index contributed by atoms with van der Waals surface area (Å²) in [6.45, 7) is 7.44. The van der Waals surface area contributed by atoms with Gasteiger partial charge in [-0.05, 0) is 33.1 Å². The van der Waals surface area contributed by atoms with Gasteiger partial charge in [-0.25, -0.2) is 0 Å². The molecule has 0 unspecified atom stereocenters. The Morgan fingerprint density at radius 3 is 2.32 bits per heavy atom. The first-order chi connectivity index (χ1) is 11.9. The highest BCUT2D eigenvalue weighted by Gasteiger charge is 2.40. The minimum atomic E-state index is -0.250. The average Bonchev–Trinajstić information content (AvgIpc) is 2.90. The number of ether oxygens (including phenoxy) is 1. The van der Waals surface area contributed by atoms with Gasteiger partial charge >= 0.3 is 0 Å². The number of morpholine rings is 1. The Labute approximate surface area is 148 Å². The van der Waals surface area contributed by atoms with Gasteiger partial charge in [0.25, 0.3) is 6.47 Å². The van der Waals surface area contributed by atoms with Gasteiger partial charge in [-0.1, -0.05) is 0 Å². The van der Waals surface area contributed by atoms with Crippen molar-refractivity contribution in [2.45, 2.75) is 57.3 Å². The first-order valence-electron chi connectivity index (χ1n) is 8.92. The van der Waals surface area contributed by atoms with Crippen LogP contribution >= 0.6 is 0 Å². The smallest absolute Gasteiger partial charge is 0.290 e. The van der Waals surface area contributed by atoms with Crippen LogP contribution in [0.1, 0.15) is 39.5 Å². The van der Waals surface area contributed by atoms with Crippen LogP contribution in [0.4, 0.5) is 0 Å². The van der Waals surface area contributed by atoms with E-state index < -0.39 is 0 Å². The standard InChI is InChI=1S/C16H27N3O3.CH2O2/c1-12-9-19(10-13(2)22-12)15(21)11-18-7-5-16(6-8-18)4-3-14(20)17-16;2-1-3/h12-13H,3-11H2,1-2H3,(H,17,20);1H,(H,2,3)/t12-,13+;. The fraction of sp³-hybridized carbons (Fsp3) is 0.824. The summed E-state index contributed by atoms with van der Waals surface area (Å²) in [5.41, 5.74) is 0.0125. The van der Waals surface area contributed by atoms with Crippen LogP contribution in [0.15, 0.2) is 0 Å². The first-order valence-corrected chi connectivity index (χ1v) is 8.92. The Bertz CT molecular complexity index is 481. The number of carbonyl (C=O) groups excluding carboxylic acids is 2. The number of nitrogens with one attached hydrogen (secondary N) is 1. The van der Waals surface area contributed by atoms with Crippen LogP contribution in [-0.4, -0.2) is 83.7 Å². The quantitative estimate of drug-likeness (QED) is 0.680. The van der Waals surface area contributed by atoms with Gasteiger partial charge in [0.1, 0.15) is 0 Å². The second-order valence-electron chi connectivity index (χ2n) is 7.27. The highest BCUT2D eigenvalue weighted by atomic mass is 16.5. The van der Waals surface area contributed by atoms with Gasteiger partial charge in [-0.15, -0.1) is 0 Å². The zero-order chi connectivity index (χ0) is 18.4. The second kappa shape index (κ2) is 8.62. The summed E-state index contributed by atoms with van der Waals surface area (Å²) in [6.07, 6.45) is 3.76. The number of carbonyl (C=O) groups is 3. The monoisotopic (exact) mass is 355 g/mol. The predicted octanol–water partition coefficient (Wildman–Crippen LogP) is 0.0676. The maximum Gasteiger partial charge on any atom is 0.290 e. The number of likely N-dealkylation sites (tertiary alicyclic amines) is 1. The zero-order valence-electron chi connectivity index (χ0n) is 15.1. The molecule has 0 aromatic heterocycles. The van der Waals surface area contributed by atoms with Crippen LogP contribution in [0.25, 0.3) is 0 Å². The first kappa shape index (κ1) is 19.7. The summed E-state index contributed by atoms with van der Waals surface area (Å²) < 4.78 is 5.68. The molecule has 8 heteroatoms. The number of hydrogen-bond acceptors (Lipinski definition) is 5. The summed E-state index contributed by atoms with van der Waals surface area (Å²) in [4.78, 5) is 36.4. The topological polar surface area (TPSA) is 99.2 Å². The molecule has 3 rings (SSSR count). The lowest BCUT2D eigenvalue weighted by Gasteiger charge is -2.40. The van der Waals surface area contributed by atoms with Crippen LogP contribution in [0, 0.1) is 0 Å². The molecule has 25 heavy (non-hydrogen) atoms. The summed E-state index contributed by atoms with van der Waals surface area (Å²) in [5, 5.41) is 10.0. The third-order valence-corrected chi connectivity index (χ3v) is 5.18. The third kappa shape index (κ3) is 5.40. The van der Waals surface area contributed by atoms with E-state index in [1.165, 1.54) is 0 Å². The molecule has 0 aromatic rings. The predicted molar refractivity (Wildman–Crippen MR) is 91.1 cm³/mol. The van der Waals surface area contributed by atoms with E-state index >= 15 is 0 Å². The lowest BCUT2D eigenvalue weighted by atomic mass is 9.86. The summed E-state index contributed by atoms with van der Waals surface area (Å²) in [6, 6.07) is 0. The number of amides is 2. The molecule has 0 aliphatic carbocycles. The molecule has 3 fully saturated rings. The Kier molecular flexibility index (Phi) is 6.78. The molecule has 8 nitrogen and oxygen atoms in total. The fourth-order valence-corrected chi connectivity index (χ4v) is 3.96. The van der Waals surface area contributed by atoms with Crippen molar-refractivity contribution in [3.8, 4) is 0 Å². The molecule has 3 aliphatic rings. The Balaban J connectivity index is 0.000000701. The van der Waals surface area contributed by atoms with Crippen LogP contribution in [0.2, 0.25) is 0 Å². The Morgan fingerprint density at radius 2 is 1.84 bits per heavy atom. The Morgan fingerprint density at radius 1 is 1.28 bits per heavy atom. The van der Waals surface area contributed by atoms with Crippen LogP contribution in [0.3, 0.4) is 0 Å². The molecule has 2 atom stereocenters. The van der Waals surface area contributed by atoms with Crippen molar-refractivity contribution in [2.24, 2.45) is 0 Å². The molecule has 0 bridgehead atoms. The lowest BCUT2D eigenvalue weighted by molar-refractivity contribution is -0.144. The molecule has 3 saturated heterocycles. The largest absolute Gasteiger partial charge is 0.483 e. The molecular weight excluding hydrogens is 326 g/mol. The summed E-state index contributed by atoms with van der Waals surface area (Å²) >= 11 is 0. The van der Waals surface area contributed by atoms with Crippen molar-refractivity contribution >= 4 is 18.3 Å². The number of hydrogen-bond donors (Lipinski definition) is 2. The summed E-state index contributed by atoms with van der Waals surface area (Å²) in [5.74, 6) is 0.384. The zero-order valence-corrected chi connectivity index (χ0v) is 15.1. The van der Waals surface area contributed by atoms with Gasteiger partial charge in [0.2, 0.25) is 11.8 Å². The molecular formula is C17H29N3O5. The minimum Gasteiger partial charge on any atom is -0.483 e. The highest BCUT2D eigenvalue weighted by Crippen LogP contribution is 2.31. The molecule has 2 N–H and O–H groups in total. The van der Waals surface area contributed by atoms with Gasteiger partial charge in [-0.3, -0.25) is 19.3 Å². The van der Waals surface area contributed by atoms with E-state index in [1.807, 2.05) is 18.7 Å². The van der Waals surface area contributed by atoms with E-state index in [-0.39, 0.29) is 36.0 Å². The second-order valence-corrected chi connectivity index (χ2v) is 7.27. The van der Waals surface area contributed by atoms with E-state index in [1.54, 1.807) is 0 Å². The number of nitrogens with zero attached hydrogens (tertiary/aromatic N) is 2. The normalized spacial score (nSPS) is 28.9. The fourth-order valence-electron chi connectivity index (χ4n) is 3.96. The van der Waals surface area contributed by atoms with Gasteiger partial charge in [0.15, 0.2) is 0 Å². The number of piperidine rings is 1. The van der Waals surface area contributed by atoms with Crippen LogP contribution in [-0.2, 0) is 19.1 Å². The van der Waals surface area contributed by atoms with E-state index in [4.69, 9.17) is 14.6 Å². The molecule has 3 heterocycles. The summed E-state index contributed by atoms with van der Waals surface area (Å²) in [7, 11) is 0. The van der Waals surface area contributed by atoms with Gasteiger partial charge < -0.3 is 20.1 Å². The highest BCUT2D eigenvalue weighted by molar-refractivity contribution is 5.79. The molecule has 142 valence electrons. The van der Waals surface area contributed by atoms with Gasteiger partial charge in [0.05, 0.1) is 18.8 Å². The van der Waals surface area contributed by atoms with E-state index in [0.717, 1.165) is 32.4 Å². The maximum atomic E-state index is 12.5. The molecule has 2 amide bonds. The average molecular weight is 355 g/mol. The van der Waals surface area contributed by atoms with Crippen molar-refractivity contribution in [3.63, 3.8) is 0 Å². The van der Waals surface area contributed by atoms with Crippen molar-refractivity contribution < 1.29 is 24.2 Å². The maximum absolute atomic E-state index is 12.5. The third-order valence-electron chi connectivity index (χ3n) is 5.18. The van der Waals surface area contributed by atoms with Crippen molar-refractivity contribution in [1.29, 1.82) is 0 Å². The SMILES string of the molecule is C[C@@H]1CN(C(=O)CN2CCC3(CCC(=O)N3)CC2)C[C@H](C)O1.O=CO. The van der Waals surface area contributed by atoms with E-state index in [0.29, 0.717) is 26.1 Å². The lowest BCUT2D eigenvalue weighted by Crippen LogP contribution is -2.54. The molecule has 0 aromatic carbocycles. The molecule has 0 radical (unpaired) electrons. The van der Waals surface area contributed by atoms with Crippen molar-refractivity contribution in [3.05, 3.63) is 0 Å². The number of carboxylic acid groups (broad SMARTS) is 1. The molecule has 3 aliphatic heterocycles. The minimum absolute atomic E-state index is 0.0125. The van der Waals surface area contributed by atoms with E-state index in [2.05, 4.69) is 10.2 Å². The van der Waals surface area contributed by atoms with Crippen LogP contribution < -0.4 is 5.32 Å². The molecule has 0 saturated carbocycles. The number of rotatable bonds is 2. The van der Waals surface area contributed by atoms with Gasteiger partial charge in [-0.2, -0.15) is 0 Å². The van der Waals surface area contributed by atoms with Crippen molar-refractivity contribution in [1.82, 2.24) is 15.1 Å². The Hall–Kier alpha value is -1.67. The van der Waals surface area contributed by atoms with Crippen molar-refractivity contribution in [2.75, 3.05) is 32.7 Å². The molecule has 1 spiro atoms. The van der Waals surface area contributed by atoms with Crippen LogP contribution in [0.5, 0.6) is 0 Å².